The van der Waals surface area contributed by atoms with Crippen molar-refractivity contribution in [3.05, 3.63) is 113 Å². The Kier molecular flexibility index (Phi) is 5.63. The van der Waals surface area contributed by atoms with Gasteiger partial charge in [0.15, 0.2) is 0 Å². The van der Waals surface area contributed by atoms with Gasteiger partial charge in [0.25, 0.3) is 0 Å². The van der Waals surface area contributed by atoms with Crippen molar-refractivity contribution in [2.75, 3.05) is 0 Å². The fourth-order valence-corrected chi connectivity index (χ4v) is 4.07. The van der Waals surface area contributed by atoms with E-state index in [9.17, 15) is 0 Å². The molecular formula is C22H18Se. The average Bonchev–Trinajstić information content (AvgIpc) is 2.62. The van der Waals surface area contributed by atoms with Crippen LogP contribution in [-0.2, 0) is 0 Å². The van der Waals surface area contributed by atoms with Crippen LogP contribution in [0.2, 0.25) is 0 Å². The van der Waals surface area contributed by atoms with Crippen LogP contribution in [0.25, 0.3) is 12.2 Å². The normalized spacial score (nSPS) is 11.7. The van der Waals surface area contributed by atoms with Gasteiger partial charge in [0.05, 0.1) is 0 Å². The number of rotatable bonds is 5. The van der Waals surface area contributed by atoms with Crippen LogP contribution in [0.5, 0.6) is 0 Å². The number of benzene rings is 3. The molecule has 0 nitrogen and oxygen atoms in total. The van der Waals surface area contributed by atoms with Gasteiger partial charge >= 0.3 is 144 Å². The summed E-state index contributed by atoms with van der Waals surface area (Å²) in [6.45, 7) is 0. The summed E-state index contributed by atoms with van der Waals surface area (Å²) >= 11 is 0.294. The van der Waals surface area contributed by atoms with Gasteiger partial charge in [-0.25, -0.2) is 0 Å². The predicted octanol–water partition coefficient (Wildman–Crippen LogP) is 4.77. The molecule has 0 aliphatic rings. The van der Waals surface area contributed by atoms with Crippen LogP contribution in [0.4, 0.5) is 0 Å². The third-order valence-corrected chi connectivity index (χ3v) is 5.42. The molecule has 0 amide bonds. The first-order chi connectivity index (χ1) is 11.4. The summed E-state index contributed by atoms with van der Waals surface area (Å²) in [5.74, 6) is 0. The van der Waals surface area contributed by atoms with E-state index in [4.69, 9.17) is 0 Å². The molecule has 0 heterocycles. The molecule has 0 aromatic heterocycles. The maximum atomic E-state index is 2.28. The zero-order chi connectivity index (χ0) is 15.7. The number of hydrogen-bond acceptors (Lipinski definition) is 0. The summed E-state index contributed by atoms with van der Waals surface area (Å²) in [6, 6.07) is 31.7. The van der Waals surface area contributed by atoms with Crippen LogP contribution in [-0.4, -0.2) is 15.0 Å². The SMILES string of the molecule is C(=C(\C=C\c1ccccc1)[Se]c1ccccc1)/c1ccccc1. The first-order valence-corrected chi connectivity index (χ1v) is 9.34. The minimum absolute atomic E-state index is 0.294. The van der Waals surface area contributed by atoms with Crippen molar-refractivity contribution in [2.24, 2.45) is 0 Å². The van der Waals surface area contributed by atoms with Gasteiger partial charge in [-0.05, 0) is 0 Å². The second-order valence-corrected chi connectivity index (χ2v) is 7.52. The summed E-state index contributed by atoms with van der Waals surface area (Å²) in [4.78, 5) is 0. The molecule has 23 heavy (non-hydrogen) atoms. The van der Waals surface area contributed by atoms with Gasteiger partial charge in [0.2, 0.25) is 0 Å². The molecule has 0 radical (unpaired) electrons. The molecule has 3 aromatic rings. The molecule has 3 rings (SSSR count). The topological polar surface area (TPSA) is 0 Å². The zero-order valence-electron chi connectivity index (χ0n) is 12.8. The zero-order valence-corrected chi connectivity index (χ0v) is 14.5. The van der Waals surface area contributed by atoms with Crippen molar-refractivity contribution in [2.45, 2.75) is 0 Å². The van der Waals surface area contributed by atoms with Crippen LogP contribution in [0.15, 0.2) is 102 Å². The molecule has 0 saturated heterocycles. The van der Waals surface area contributed by atoms with Crippen LogP contribution in [0, 0.1) is 0 Å². The molecule has 112 valence electrons. The van der Waals surface area contributed by atoms with E-state index in [1.54, 1.807) is 0 Å². The molecule has 0 N–H and O–H groups in total. The molecule has 0 saturated carbocycles. The molecule has 0 atom stereocenters. The van der Waals surface area contributed by atoms with E-state index < -0.39 is 0 Å². The van der Waals surface area contributed by atoms with Gasteiger partial charge in [-0.2, -0.15) is 0 Å². The summed E-state index contributed by atoms with van der Waals surface area (Å²) < 4.78 is 2.75. The Morgan fingerprint density at radius 3 is 1.74 bits per heavy atom. The van der Waals surface area contributed by atoms with Crippen LogP contribution >= 0.6 is 0 Å². The van der Waals surface area contributed by atoms with Gasteiger partial charge in [-0.1, -0.05) is 0 Å². The predicted molar refractivity (Wildman–Crippen MR) is 102 cm³/mol. The van der Waals surface area contributed by atoms with Crippen molar-refractivity contribution in [1.82, 2.24) is 0 Å². The molecule has 3 aromatic carbocycles. The van der Waals surface area contributed by atoms with E-state index in [1.165, 1.54) is 20.1 Å². The van der Waals surface area contributed by atoms with E-state index >= 15 is 0 Å². The van der Waals surface area contributed by atoms with Crippen LogP contribution in [0.3, 0.4) is 0 Å². The Hall–Kier alpha value is -2.34. The Balaban J connectivity index is 1.87. The molecule has 0 aliphatic carbocycles. The molecule has 0 bridgehead atoms. The van der Waals surface area contributed by atoms with Crippen LogP contribution in [0.1, 0.15) is 11.1 Å². The van der Waals surface area contributed by atoms with Crippen molar-refractivity contribution in [1.29, 1.82) is 0 Å². The average molecular weight is 361 g/mol. The number of hydrogen-bond donors (Lipinski definition) is 0. The molecule has 0 spiro atoms. The van der Waals surface area contributed by atoms with E-state index in [1.807, 2.05) is 6.07 Å². The summed E-state index contributed by atoms with van der Waals surface area (Å²) in [5, 5.41) is 0. The molecular weight excluding hydrogens is 343 g/mol. The summed E-state index contributed by atoms with van der Waals surface area (Å²) in [7, 11) is 0. The van der Waals surface area contributed by atoms with Gasteiger partial charge in [-0.15, -0.1) is 0 Å². The van der Waals surface area contributed by atoms with Crippen molar-refractivity contribution in [3.8, 4) is 0 Å². The third-order valence-electron chi connectivity index (χ3n) is 3.33. The van der Waals surface area contributed by atoms with E-state index in [2.05, 4.69) is 103 Å². The molecule has 0 unspecified atom stereocenters. The van der Waals surface area contributed by atoms with Gasteiger partial charge < -0.3 is 0 Å². The van der Waals surface area contributed by atoms with E-state index in [0.717, 1.165) is 0 Å². The second-order valence-electron chi connectivity index (χ2n) is 5.12. The minimum atomic E-state index is 0.294. The maximum absolute atomic E-state index is 2.28. The van der Waals surface area contributed by atoms with Crippen molar-refractivity contribution in [3.63, 3.8) is 0 Å². The molecule has 1 heteroatoms. The fourth-order valence-electron chi connectivity index (χ4n) is 2.19. The first-order valence-electron chi connectivity index (χ1n) is 7.63. The van der Waals surface area contributed by atoms with Crippen LogP contribution < -0.4 is 4.46 Å². The van der Waals surface area contributed by atoms with E-state index in [-0.39, 0.29) is 0 Å². The monoisotopic (exact) mass is 362 g/mol. The van der Waals surface area contributed by atoms with Crippen molar-refractivity contribution < 1.29 is 0 Å². The van der Waals surface area contributed by atoms with Crippen molar-refractivity contribution >= 4 is 31.6 Å². The van der Waals surface area contributed by atoms with E-state index in [0.29, 0.717) is 15.0 Å². The molecule has 0 aliphatic heterocycles. The summed E-state index contributed by atoms with van der Waals surface area (Å²) in [5.41, 5.74) is 2.48. The fraction of sp³-hybridized carbons (Fsp3) is 0. The Morgan fingerprint density at radius 1 is 0.609 bits per heavy atom. The van der Waals surface area contributed by atoms with Gasteiger partial charge in [0.1, 0.15) is 0 Å². The standard InChI is InChI=1S/C22H18Se/c1-4-10-19(11-5-1)16-17-22(18-20-12-6-2-7-13-20)23-21-14-8-3-9-15-21/h1-18H/b17-16+,22-18-. The Morgan fingerprint density at radius 2 is 1.13 bits per heavy atom. The third kappa shape index (κ3) is 5.10. The first kappa shape index (κ1) is 15.6. The summed E-state index contributed by atoms with van der Waals surface area (Å²) in [6.07, 6.45) is 6.72. The quantitative estimate of drug-likeness (QED) is 0.454. The number of allylic oxidation sites excluding steroid dienone is 2. The van der Waals surface area contributed by atoms with Gasteiger partial charge in [0, 0.05) is 0 Å². The Labute approximate surface area is 144 Å². The molecule has 0 fully saturated rings. The second kappa shape index (κ2) is 8.33. The Bertz CT molecular complexity index is 772. The van der Waals surface area contributed by atoms with Gasteiger partial charge in [-0.3, -0.25) is 0 Å².